The van der Waals surface area contributed by atoms with Crippen LogP contribution >= 0.6 is 0 Å². The van der Waals surface area contributed by atoms with Crippen LogP contribution in [0.25, 0.3) is 0 Å². The third-order valence-corrected chi connectivity index (χ3v) is 2.15. The molecule has 96 valence electrons. The molecule has 0 aromatic heterocycles. The first kappa shape index (κ1) is 13.6. The van der Waals surface area contributed by atoms with Crippen LogP contribution in [-0.4, -0.2) is 19.4 Å². The fraction of sp³-hybridized carbons (Fsp3) is 0.400. The van der Waals surface area contributed by atoms with Crippen molar-refractivity contribution in [3.63, 3.8) is 0 Å². The van der Waals surface area contributed by atoms with Gasteiger partial charge in [-0.15, -0.1) is 0 Å². The second-order valence-electron chi connectivity index (χ2n) is 3.20. The smallest absolute Gasteiger partial charge is 0.420 e. The quantitative estimate of drug-likeness (QED) is 0.805. The second-order valence-corrected chi connectivity index (χ2v) is 3.20. The van der Waals surface area contributed by atoms with Crippen molar-refractivity contribution >= 4 is 0 Å². The monoisotopic (exact) mass is 251 g/mol. The normalized spacial score (nSPS) is 11.4. The number of alkyl halides is 3. The molecule has 17 heavy (non-hydrogen) atoms. The summed E-state index contributed by atoms with van der Waals surface area (Å²) >= 11 is 0. The molecular formula is C10H12F3NO3. The number of methoxy groups -OCH3 is 2. The van der Waals surface area contributed by atoms with Gasteiger partial charge >= 0.3 is 6.18 Å². The molecule has 2 N–H and O–H groups in total. The van der Waals surface area contributed by atoms with Gasteiger partial charge in [-0.2, -0.15) is 13.2 Å². The SMILES string of the molecule is COc1cc(CNO)c(OC)c(C(F)(F)F)c1. The van der Waals surface area contributed by atoms with Gasteiger partial charge < -0.3 is 14.7 Å². The number of nitrogens with one attached hydrogen (secondary N) is 1. The van der Waals surface area contributed by atoms with Crippen LogP contribution in [-0.2, 0) is 12.7 Å². The average Bonchev–Trinajstić information content (AvgIpc) is 2.27. The molecule has 0 saturated carbocycles. The lowest BCUT2D eigenvalue weighted by Gasteiger charge is -2.17. The molecule has 0 saturated heterocycles. The molecule has 0 aliphatic rings. The predicted octanol–water partition coefficient (Wildman–Crippen LogP) is 2.20. The average molecular weight is 251 g/mol. The van der Waals surface area contributed by atoms with Gasteiger partial charge in [0.25, 0.3) is 0 Å². The molecule has 1 aromatic carbocycles. The molecule has 1 aromatic rings. The Morgan fingerprint density at radius 1 is 1.24 bits per heavy atom. The molecule has 0 amide bonds. The van der Waals surface area contributed by atoms with Crippen LogP contribution in [0, 0.1) is 0 Å². The van der Waals surface area contributed by atoms with Crippen LogP contribution in [0.3, 0.4) is 0 Å². The highest BCUT2D eigenvalue weighted by Crippen LogP contribution is 2.40. The first-order valence-electron chi connectivity index (χ1n) is 4.63. The largest absolute Gasteiger partial charge is 0.497 e. The first-order valence-corrected chi connectivity index (χ1v) is 4.63. The van der Waals surface area contributed by atoms with Crippen molar-refractivity contribution in [2.24, 2.45) is 0 Å². The van der Waals surface area contributed by atoms with Gasteiger partial charge in [0, 0.05) is 12.1 Å². The van der Waals surface area contributed by atoms with Crippen LogP contribution in [0.1, 0.15) is 11.1 Å². The number of benzene rings is 1. The van der Waals surface area contributed by atoms with Crippen molar-refractivity contribution in [1.82, 2.24) is 5.48 Å². The molecule has 0 radical (unpaired) electrons. The van der Waals surface area contributed by atoms with Gasteiger partial charge in [-0.3, -0.25) is 0 Å². The van der Waals surface area contributed by atoms with E-state index in [4.69, 9.17) is 14.7 Å². The van der Waals surface area contributed by atoms with Gasteiger partial charge in [0.2, 0.25) is 0 Å². The van der Waals surface area contributed by atoms with Crippen molar-refractivity contribution < 1.29 is 27.9 Å². The Morgan fingerprint density at radius 3 is 2.29 bits per heavy atom. The van der Waals surface area contributed by atoms with E-state index in [0.29, 0.717) is 0 Å². The van der Waals surface area contributed by atoms with Crippen LogP contribution in [0.5, 0.6) is 11.5 Å². The summed E-state index contributed by atoms with van der Waals surface area (Å²) in [6, 6.07) is 2.21. The van der Waals surface area contributed by atoms with Gasteiger partial charge in [0.05, 0.1) is 14.2 Å². The zero-order valence-corrected chi connectivity index (χ0v) is 9.26. The Labute approximate surface area is 95.9 Å². The van der Waals surface area contributed by atoms with Gasteiger partial charge in [0.1, 0.15) is 17.1 Å². The zero-order chi connectivity index (χ0) is 13.1. The number of halogens is 3. The fourth-order valence-electron chi connectivity index (χ4n) is 1.45. The van der Waals surface area contributed by atoms with Gasteiger partial charge in [0.15, 0.2) is 0 Å². The molecule has 0 heterocycles. The number of hydroxylamine groups is 1. The van der Waals surface area contributed by atoms with Crippen LogP contribution in [0.2, 0.25) is 0 Å². The minimum absolute atomic E-state index is 0.0448. The highest BCUT2D eigenvalue weighted by atomic mass is 19.4. The summed E-state index contributed by atoms with van der Waals surface area (Å²) in [7, 11) is 2.40. The van der Waals surface area contributed by atoms with E-state index >= 15 is 0 Å². The summed E-state index contributed by atoms with van der Waals surface area (Å²) in [4.78, 5) is 0. The highest BCUT2D eigenvalue weighted by Gasteiger charge is 2.36. The summed E-state index contributed by atoms with van der Waals surface area (Å²) in [5.41, 5.74) is 1.000. The van der Waals surface area contributed by atoms with Crippen LogP contribution in [0.4, 0.5) is 13.2 Å². The molecule has 1 rings (SSSR count). The molecule has 0 atom stereocenters. The lowest BCUT2D eigenvalue weighted by molar-refractivity contribution is -0.138. The van der Waals surface area contributed by atoms with E-state index in [-0.39, 0.29) is 23.6 Å². The maximum absolute atomic E-state index is 12.8. The molecule has 0 bridgehead atoms. The molecule has 4 nitrogen and oxygen atoms in total. The minimum Gasteiger partial charge on any atom is -0.497 e. The maximum Gasteiger partial charge on any atom is 0.420 e. The van der Waals surface area contributed by atoms with Crippen molar-refractivity contribution in [1.29, 1.82) is 0 Å². The van der Waals surface area contributed by atoms with Crippen molar-refractivity contribution in [2.75, 3.05) is 14.2 Å². The summed E-state index contributed by atoms with van der Waals surface area (Å²) in [6.45, 7) is -0.177. The van der Waals surface area contributed by atoms with E-state index in [1.54, 1.807) is 5.48 Å². The molecule has 0 aliphatic carbocycles. The standard InChI is InChI=1S/C10H12F3NO3/c1-16-7-3-6(5-14-15)9(17-2)8(4-7)10(11,12)13/h3-4,14-15H,5H2,1-2H3. The fourth-order valence-corrected chi connectivity index (χ4v) is 1.45. The lowest BCUT2D eigenvalue weighted by Crippen LogP contribution is -2.13. The predicted molar refractivity (Wildman–Crippen MR) is 53.2 cm³/mol. The molecule has 0 fully saturated rings. The molecule has 7 heteroatoms. The molecule has 0 unspecified atom stereocenters. The highest BCUT2D eigenvalue weighted by molar-refractivity contribution is 5.48. The third-order valence-electron chi connectivity index (χ3n) is 2.15. The Kier molecular flexibility index (Phi) is 4.19. The number of rotatable bonds is 4. The van der Waals surface area contributed by atoms with Crippen LogP contribution < -0.4 is 15.0 Å². The molecule has 0 aliphatic heterocycles. The first-order chi connectivity index (χ1) is 7.93. The summed E-state index contributed by atoms with van der Waals surface area (Å²) < 4.78 is 47.8. The Hall–Kier alpha value is -1.47. The summed E-state index contributed by atoms with van der Waals surface area (Å²) in [5.74, 6) is -0.289. The minimum atomic E-state index is -4.55. The van der Waals surface area contributed by atoms with E-state index < -0.39 is 11.7 Å². The Bertz CT molecular complexity index is 393. The van der Waals surface area contributed by atoms with Gasteiger partial charge in [-0.1, -0.05) is 0 Å². The second kappa shape index (κ2) is 5.24. The maximum atomic E-state index is 12.8. The van der Waals surface area contributed by atoms with Crippen molar-refractivity contribution in [2.45, 2.75) is 12.7 Å². The Balaban J connectivity index is 3.39. The van der Waals surface area contributed by atoms with E-state index in [1.807, 2.05) is 0 Å². The van der Waals surface area contributed by atoms with Crippen LogP contribution in [0.15, 0.2) is 12.1 Å². The van der Waals surface area contributed by atoms with Crippen molar-refractivity contribution in [3.05, 3.63) is 23.3 Å². The number of ether oxygens (including phenoxy) is 2. The van der Waals surface area contributed by atoms with E-state index in [0.717, 1.165) is 13.2 Å². The van der Waals surface area contributed by atoms with E-state index in [9.17, 15) is 13.2 Å². The zero-order valence-electron chi connectivity index (χ0n) is 9.26. The third kappa shape index (κ3) is 3.01. The van der Waals surface area contributed by atoms with Crippen molar-refractivity contribution in [3.8, 4) is 11.5 Å². The number of hydrogen-bond donors (Lipinski definition) is 2. The topological polar surface area (TPSA) is 50.7 Å². The van der Waals surface area contributed by atoms with Gasteiger partial charge in [-0.25, -0.2) is 5.48 Å². The molecular weight excluding hydrogens is 239 g/mol. The molecule has 0 spiro atoms. The van der Waals surface area contributed by atoms with E-state index in [1.165, 1.54) is 13.2 Å². The lowest BCUT2D eigenvalue weighted by atomic mass is 10.1. The summed E-state index contributed by atoms with van der Waals surface area (Å²) in [5, 5.41) is 8.57. The summed E-state index contributed by atoms with van der Waals surface area (Å²) in [6.07, 6.45) is -4.55. The van der Waals surface area contributed by atoms with E-state index in [2.05, 4.69) is 0 Å². The number of hydrogen-bond acceptors (Lipinski definition) is 4. The van der Waals surface area contributed by atoms with Gasteiger partial charge in [-0.05, 0) is 12.1 Å². The Morgan fingerprint density at radius 2 is 1.88 bits per heavy atom.